The van der Waals surface area contributed by atoms with E-state index in [2.05, 4.69) is 5.32 Å². The van der Waals surface area contributed by atoms with Gasteiger partial charge < -0.3 is 49.1 Å². The molecule has 3 fully saturated rings. The fourth-order valence-corrected chi connectivity index (χ4v) is 7.25. The molecule has 53 heavy (non-hydrogen) atoms. The smallest absolute Gasteiger partial charge is 0.288 e. The van der Waals surface area contributed by atoms with E-state index in [-0.39, 0.29) is 32.4 Å². The highest BCUT2D eigenvalue weighted by molar-refractivity contribution is 5.77. The quantitative estimate of drug-likeness (QED) is 0.142. The molecular formula is C42H48N2O9. The average Bonchev–Trinajstić information content (AvgIpc) is 3.70. The summed E-state index contributed by atoms with van der Waals surface area (Å²) >= 11 is 0. The molecule has 0 spiro atoms. The van der Waals surface area contributed by atoms with Gasteiger partial charge in [0.25, 0.3) is 6.02 Å². The first kappa shape index (κ1) is 37.2. The molecule has 280 valence electrons. The molecule has 0 radical (unpaired) electrons. The third kappa shape index (κ3) is 8.64. The maximum Gasteiger partial charge on any atom is 0.288 e. The van der Waals surface area contributed by atoms with E-state index in [1.807, 2.05) is 121 Å². The Morgan fingerprint density at radius 2 is 1.13 bits per heavy atom. The highest BCUT2D eigenvalue weighted by atomic mass is 16.6. The van der Waals surface area contributed by atoms with Gasteiger partial charge in [-0.25, -0.2) is 4.99 Å². The average molecular weight is 725 g/mol. The lowest BCUT2D eigenvalue weighted by Crippen LogP contribution is -2.61. The zero-order valence-corrected chi connectivity index (χ0v) is 29.7. The molecule has 2 heterocycles. The topological polar surface area (TPSA) is 140 Å². The zero-order chi connectivity index (χ0) is 36.6. The summed E-state index contributed by atoms with van der Waals surface area (Å²) in [5.41, 5.74) is 2.88. The SMILES string of the molecule is C[C@@]1(CO)[C@@H](O)[C@@H](O)[C@@H]2O/C(=N\[C@H]3O[C@H](COCc4ccccc4)[C@@H](OCc4ccccc4)[C@H](OCc4ccccc4)[C@H]3OCc3ccccc3)N[C@@H]21. The van der Waals surface area contributed by atoms with Gasteiger partial charge in [0.2, 0.25) is 0 Å². The van der Waals surface area contributed by atoms with Gasteiger partial charge in [0, 0.05) is 5.41 Å². The van der Waals surface area contributed by atoms with Crippen LogP contribution in [-0.2, 0) is 54.8 Å². The largest absolute Gasteiger partial charge is 0.457 e. The summed E-state index contributed by atoms with van der Waals surface area (Å²) in [5, 5.41) is 35.1. The number of nitrogens with one attached hydrogen (secondary N) is 1. The number of hydrogen-bond acceptors (Lipinski definition) is 10. The van der Waals surface area contributed by atoms with Crippen LogP contribution in [0.3, 0.4) is 0 Å². The molecule has 0 aromatic heterocycles. The first-order valence-electron chi connectivity index (χ1n) is 18.1. The van der Waals surface area contributed by atoms with E-state index < -0.39 is 60.4 Å². The normalized spacial score (nSPS) is 31.5. The molecule has 0 amide bonds. The molecule has 2 saturated heterocycles. The standard InChI is InChI=1S/C42H48N2O9/c1-42(27-45)38-35(33(46)39(42)47)53-41(43-38)44-40-37(51-25-31-20-12-5-13-21-31)36(50-24-30-18-10-4-11-19-30)34(49-23-29-16-8-3-9-17-29)32(52-40)26-48-22-28-14-6-2-7-15-28/h2-21,32-40,45-47H,22-27H2,1H3,(H,43,44)/t32-,33+,34-,35+,36+,37-,38+,39+,40+,42+/m1/s1. The number of nitrogens with zero attached hydrogens (tertiary/aromatic N) is 1. The van der Waals surface area contributed by atoms with Crippen molar-refractivity contribution in [3.05, 3.63) is 144 Å². The van der Waals surface area contributed by atoms with E-state index in [1.54, 1.807) is 6.92 Å². The highest BCUT2D eigenvalue weighted by Gasteiger charge is 2.62. The Hall–Kier alpha value is -4.17. The van der Waals surface area contributed by atoms with Crippen LogP contribution >= 0.6 is 0 Å². The van der Waals surface area contributed by atoms with E-state index in [0.29, 0.717) is 13.2 Å². The number of fused-ring (bicyclic) bond motifs is 1. The lowest BCUT2D eigenvalue weighted by atomic mass is 9.83. The minimum atomic E-state index is -1.23. The van der Waals surface area contributed by atoms with E-state index in [4.69, 9.17) is 33.4 Å². The molecule has 4 N–H and O–H groups in total. The molecule has 4 aromatic carbocycles. The van der Waals surface area contributed by atoms with Crippen molar-refractivity contribution in [2.45, 2.75) is 88.3 Å². The summed E-state index contributed by atoms with van der Waals surface area (Å²) in [6.07, 6.45) is -6.98. The lowest BCUT2D eigenvalue weighted by molar-refractivity contribution is -0.271. The first-order chi connectivity index (χ1) is 25.9. The van der Waals surface area contributed by atoms with Crippen molar-refractivity contribution in [3.8, 4) is 0 Å². The van der Waals surface area contributed by atoms with Gasteiger partial charge in [0.05, 0.1) is 51.8 Å². The molecule has 0 bridgehead atoms. The van der Waals surface area contributed by atoms with Gasteiger partial charge in [-0.2, -0.15) is 0 Å². The van der Waals surface area contributed by atoms with Crippen LogP contribution in [0.2, 0.25) is 0 Å². The van der Waals surface area contributed by atoms with Gasteiger partial charge in [-0.15, -0.1) is 0 Å². The van der Waals surface area contributed by atoms with Crippen molar-refractivity contribution in [2.75, 3.05) is 13.2 Å². The predicted octanol–water partition coefficient (Wildman–Crippen LogP) is 4.13. The maximum atomic E-state index is 10.9. The number of amidine groups is 1. The highest BCUT2D eigenvalue weighted by Crippen LogP contribution is 2.42. The van der Waals surface area contributed by atoms with Gasteiger partial charge >= 0.3 is 0 Å². The van der Waals surface area contributed by atoms with Gasteiger partial charge in [0.15, 0.2) is 12.3 Å². The van der Waals surface area contributed by atoms with Crippen LogP contribution in [0.4, 0.5) is 0 Å². The number of aliphatic hydroxyl groups is 3. The fraction of sp³-hybridized carbons (Fsp3) is 0.405. The molecule has 3 aliphatic rings. The first-order valence-corrected chi connectivity index (χ1v) is 18.1. The second-order valence-electron chi connectivity index (χ2n) is 14.1. The molecule has 1 aliphatic carbocycles. The Balaban J connectivity index is 1.22. The van der Waals surface area contributed by atoms with Crippen molar-refractivity contribution in [3.63, 3.8) is 0 Å². The Morgan fingerprint density at radius 3 is 1.64 bits per heavy atom. The molecular weight excluding hydrogens is 676 g/mol. The van der Waals surface area contributed by atoms with Crippen LogP contribution in [0, 0.1) is 5.41 Å². The minimum Gasteiger partial charge on any atom is -0.457 e. The van der Waals surface area contributed by atoms with Gasteiger partial charge in [-0.3, -0.25) is 0 Å². The Kier molecular flexibility index (Phi) is 12.1. The van der Waals surface area contributed by atoms with Crippen molar-refractivity contribution >= 4 is 6.02 Å². The zero-order valence-electron chi connectivity index (χ0n) is 29.7. The number of benzene rings is 4. The van der Waals surface area contributed by atoms with E-state index in [0.717, 1.165) is 22.3 Å². The number of rotatable bonds is 15. The Morgan fingerprint density at radius 1 is 0.660 bits per heavy atom. The van der Waals surface area contributed by atoms with Crippen LogP contribution in [-0.4, -0.2) is 89.6 Å². The molecule has 10 atom stereocenters. The van der Waals surface area contributed by atoms with Gasteiger partial charge in [-0.05, 0) is 22.3 Å². The molecule has 2 aliphatic heterocycles. The molecule has 4 aromatic rings. The lowest BCUT2D eigenvalue weighted by Gasteiger charge is -2.45. The second-order valence-corrected chi connectivity index (χ2v) is 14.1. The van der Waals surface area contributed by atoms with Crippen LogP contribution in [0.1, 0.15) is 29.2 Å². The van der Waals surface area contributed by atoms with Crippen molar-refractivity contribution in [1.29, 1.82) is 0 Å². The third-order valence-electron chi connectivity index (χ3n) is 10.3. The molecule has 1 saturated carbocycles. The van der Waals surface area contributed by atoms with Crippen LogP contribution in [0.5, 0.6) is 0 Å². The van der Waals surface area contributed by atoms with Crippen LogP contribution in [0.25, 0.3) is 0 Å². The third-order valence-corrected chi connectivity index (χ3v) is 10.3. The summed E-state index contributed by atoms with van der Waals surface area (Å²) in [7, 11) is 0. The van der Waals surface area contributed by atoms with E-state index in [9.17, 15) is 15.3 Å². The van der Waals surface area contributed by atoms with E-state index in [1.165, 1.54) is 0 Å². The maximum absolute atomic E-state index is 10.9. The fourth-order valence-electron chi connectivity index (χ4n) is 7.25. The van der Waals surface area contributed by atoms with Crippen LogP contribution in [0.15, 0.2) is 126 Å². The number of hydrogen-bond donors (Lipinski definition) is 4. The summed E-state index contributed by atoms with van der Waals surface area (Å²) in [5.74, 6) is 0. The van der Waals surface area contributed by atoms with E-state index >= 15 is 0 Å². The summed E-state index contributed by atoms with van der Waals surface area (Å²) in [6.45, 7) is 2.69. The predicted molar refractivity (Wildman–Crippen MR) is 196 cm³/mol. The molecule has 11 heteroatoms. The van der Waals surface area contributed by atoms with Crippen molar-refractivity contribution in [2.24, 2.45) is 10.4 Å². The van der Waals surface area contributed by atoms with Crippen molar-refractivity contribution < 1.29 is 43.7 Å². The summed E-state index contributed by atoms with van der Waals surface area (Å²) < 4.78 is 39.4. The molecule has 7 rings (SSSR count). The Bertz CT molecular complexity index is 1740. The molecule has 0 unspecified atom stereocenters. The summed E-state index contributed by atoms with van der Waals surface area (Å²) in [6, 6.07) is 39.1. The number of ether oxygens (including phenoxy) is 6. The Labute approximate surface area is 310 Å². The minimum absolute atomic E-state index is 0.110. The summed E-state index contributed by atoms with van der Waals surface area (Å²) in [4.78, 5) is 4.92. The monoisotopic (exact) mass is 724 g/mol. The number of aliphatic hydroxyl groups excluding tert-OH is 3. The second kappa shape index (κ2) is 17.3. The van der Waals surface area contributed by atoms with Gasteiger partial charge in [0.1, 0.15) is 30.5 Å². The molecule has 11 nitrogen and oxygen atoms in total. The van der Waals surface area contributed by atoms with Crippen LogP contribution < -0.4 is 5.32 Å². The number of aliphatic imine (C=N–C) groups is 1. The van der Waals surface area contributed by atoms with Crippen molar-refractivity contribution in [1.82, 2.24) is 5.32 Å². The van der Waals surface area contributed by atoms with Gasteiger partial charge in [-0.1, -0.05) is 128 Å².